The van der Waals surface area contributed by atoms with Crippen LogP contribution >= 0.6 is 0 Å². The molecule has 0 bridgehead atoms. The molecule has 1 aliphatic carbocycles. The van der Waals surface area contributed by atoms with Gasteiger partial charge in [-0.1, -0.05) is 6.92 Å². The molecule has 1 saturated carbocycles. The van der Waals surface area contributed by atoms with Crippen molar-refractivity contribution in [1.82, 2.24) is 5.32 Å². The van der Waals surface area contributed by atoms with Crippen LogP contribution in [0.25, 0.3) is 0 Å². The van der Waals surface area contributed by atoms with Crippen LogP contribution in [0, 0.1) is 5.92 Å². The molecule has 2 atom stereocenters. The summed E-state index contributed by atoms with van der Waals surface area (Å²) in [5, 5.41) is 3.33. The fraction of sp³-hybridized carbons (Fsp3) is 1.00. The predicted molar refractivity (Wildman–Crippen MR) is 51.3 cm³/mol. The number of hydrogen-bond acceptors (Lipinski definition) is 2. The summed E-state index contributed by atoms with van der Waals surface area (Å²) in [5.41, 5.74) is 0. The number of rotatable bonds is 6. The molecule has 1 N–H and O–H groups in total. The summed E-state index contributed by atoms with van der Waals surface area (Å²) < 4.78 is 5.75. The van der Waals surface area contributed by atoms with E-state index in [-0.39, 0.29) is 0 Å². The maximum absolute atomic E-state index is 5.75. The lowest BCUT2D eigenvalue weighted by Crippen LogP contribution is -2.40. The zero-order valence-electron chi connectivity index (χ0n) is 8.47. The van der Waals surface area contributed by atoms with Crippen molar-refractivity contribution in [2.45, 2.75) is 45.3 Å². The average molecular weight is 171 g/mol. The molecule has 2 unspecified atom stereocenters. The van der Waals surface area contributed by atoms with E-state index in [0.717, 1.165) is 18.9 Å². The van der Waals surface area contributed by atoms with E-state index in [1.54, 1.807) is 0 Å². The third-order valence-corrected chi connectivity index (χ3v) is 2.65. The maximum Gasteiger partial charge on any atom is 0.0755 e. The highest BCUT2D eigenvalue weighted by atomic mass is 16.5. The van der Waals surface area contributed by atoms with Gasteiger partial charge in [0, 0.05) is 12.6 Å². The SMILES string of the molecule is CCOC(C1CC1)C(CC)NC. The molecule has 0 saturated heterocycles. The summed E-state index contributed by atoms with van der Waals surface area (Å²) in [7, 11) is 2.03. The van der Waals surface area contributed by atoms with Crippen LogP contribution in [-0.4, -0.2) is 25.8 Å². The largest absolute Gasteiger partial charge is 0.377 e. The lowest BCUT2D eigenvalue weighted by molar-refractivity contribution is 0.0201. The molecule has 0 radical (unpaired) electrons. The van der Waals surface area contributed by atoms with E-state index < -0.39 is 0 Å². The first-order valence-corrected chi connectivity index (χ1v) is 5.12. The van der Waals surface area contributed by atoms with Crippen molar-refractivity contribution in [3.8, 4) is 0 Å². The highest BCUT2D eigenvalue weighted by Gasteiger charge is 2.35. The van der Waals surface area contributed by atoms with Gasteiger partial charge in [-0.05, 0) is 39.2 Å². The zero-order chi connectivity index (χ0) is 8.97. The van der Waals surface area contributed by atoms with E-state index in [9.17, 15) is 0 Å². The molecular weight excluding hydrogens is 150 g/mol. The van der Waals surface area contributed by atoms with Crippen molar-refractivity contribution in [3.05, 3.63) is 0 Å². The van der Waals surface area contributed by atoms with Gasteiger partial charge < -0.3 is 10.1 Å². The molecule has 0 spiro atoms. The Balaban J connectivity index is 2.38. The third kappa shape index (κ3) is 2.46. The van der Waals surface area contributed by atoms with Crippen LogP contribution in [0.15, 0.2) is 0 Å². The number of nitrogens with one attached hydrogen (secondary N) is 1. The molecular formula is C10H21NO. The Kier molecular flexibility index (Phi) is 4.02. The van der Waals surface area contributed by atoms with Crippen molar-refractivity contribution in [2.75, 3.05) is 13.7 Å². The second-order valence-corrected chi connectivity index (χ2v) is 3.56. The summed E-state index contributed by atoms with van der Waals surface area (Å²) >= 11 is 0. The van der Waals surface area contributed by atoms with Gasteiger partial charge in [0.1, 0.15) is 0 Å². The molecule has 12 heavy (non-hydrogen) atoms. The lowest BCUT2D eigenvalue weighted by Gasteiger charge is -2.25. The normalized spacial score (nSPS) is 22.2. The molecule has 0 aromatic rings. The molecule has 2 heteroatoms. The summed E-state index contributed by atoms with van der Waals surface area (Å²) in [5.74, 6) is 0.836. The van der Waals surface area contributed by atoms with Gasteiger partial charge >= 0.3 is 0 Å². The van der Waals surface area contributed by atoms with Gasteiger partial charge in [0.2, 0.25) is 0 Å². The predicted octanol–water partition coefficient (Wildman–Crippen LogP) is 1.80. The van der Waals surface area contributed by atoms with Crippen LogP contribution in [0.4, 0.5) is 0 Å². The Morgan fingerprint density at radius 1 is 1.42 bits per heavy atom. The van der Waals surface area contributed by atoms with Crippen molar-refractivity contribution in [3.63, 3.8) is 0 Å². The third-order valence-electron chi connectivity index (χ3n) is 2.65. The molecule has 1 fully saturated rings. The summed E-state index contributed by atoms with van der Waals surface area (Å²) in [6.45, 7) is 5.15. The Morgan fingerprint density at radius 2 is 2.08 bits per heavy atom. The number of hydrogen-bond donors (Lipinski definition) is 1. The van der Waals surface area contributed by atoms with Gasteiger partial charge in [0.25, 0.3) is 0 Å². The van der Waals surface area contributed by atoms with Crippen LogP contribution in [0.3, 0.4) is 0 Å². The molecule has 1 aliphatic rings. The Bertz CT molecular complexity index is 119. The van der Waals surface area contributed by atoms with E-state index in [2.05, 4.69) is 19.2 Å². The summed E-state index contributed by atoms with van der Waals surface area (Å²) in [4.78, 5) is 0. The fourth-order valence-corrected chi connectivity index (χ4v) is 1.80. The second kappa shape index (κ2) is 4.83. The Labute approximate surface area is 75.7 Å². The minimum atomic E-state index is 0.463. The quantitative estimate of drug-likeness (QED) is 0.658. The summed E-state index contributed by atoms with van der Waals surface area (Å²) in [6, 6.07) is 0.553. The van der Waals surface area contributed by atoms with Crippen LogP contribution < -0.4 is 5.32 Å². The summed E-state index contributed by atoms with van der Waals surface area (Å²) in [6.07, 6.45) is 4.36. The highest BCUT2D eigenvalue weighted by molar-refractivity contribution is 4.89. The van der Waals surface area contributed by atoms with E-state index in [0.29, 0.717) is 12.1 Å². The van der Waals surface area contributed by atoms with Crippen molar-refractivity contribution >= 4 is 0 Å². The smallest absolute Gasteiger partial charge is 0.0755 e. The van der Waals surface area contributed by atoms with Gasteiger partial charge in [-0.2, -0.15) is 0 Å². The van der Waals surface area contributed by atoms with E-state index in [1.165, 1.54) is 12.8 Å². The molecule has 0 heterocycles. The topological polar surface area (TPSA) is 21.3 Å². The lowest BCUT2D eigenvalue weighted by atomic mass is 10.0. The molecule has 2 nitrogen and oxygen atoms in total. The van der Waals surface area contributed by atoms with Gasteiger partial charge in [-0.25, -0.2) is 0 Å². The zero-order valence-corrected chi connectivity index (χ0v) is 8.47. The van der Waals surface area contributed by atoms with Crippen molar-refractivity contribution in [2.24, 2.45) is 5.92 Å². The van der Waals surface area contributed by atoms with Crippen LogP contribution in [0.5, 0.6) is 0 Å². The first-order chi connectivity index (χ1) is 5.83. The number of ether oxygens (including phenoxy) is 1. The monoisotopic (exact) mass is 171 g/mol. The maximum atomic E-state index is 5.75. The molecule has 0 amide bonds. The highest BCUT2D eigenvalue weighted by Crippen LogP contribution is 2.36. The Hall–Kier alpha value is -0.0800. The van der Waals surface area contributed by atoms with Crippen LogP contribution in [0.2, 0.25) is 0 Å². The molecule has 1 rings (SSSR count). The second-order valence-electron chi connectivity index (χ2n) is 3.56. The minimum absolute atomic E-state index is 0.463. The Morgan fingerprint density at radius 3 is 2.42 bits per heavy atom. The van der Waals surface area contributed by atoms with Gasteiger partial charge in [0.05, 0.1) is 6.10 Å². The first-order valence-electron chi connectivity index (χ1n) is 5.12. The van der Waals surface area contributed by atoms with E-state index in [1.807, 2.05) is 7.05 Å². The average Bonchev–Trinajstić information content (AvgIpc) is 2.88. The van der Waals surface area contributed by atoms with Gasteiger partial charge in [-0.15, -0.1) is 0 Å². The van der Waals surface area contributed by atoms with Crippen molar-refractivity contribution < 1.29 is 4.74 Å². The van der Waals surface area contributed by atoms with E-state index >= 15 is 0 Å². The number of likely N-dealkylation sites (N-methyl/N-ethyl adjacent to an activating group) is 1. The van der Waals surface area contributed by atoms with Crippen molar-refractivity contribution in [1.29, 1.82) is 0 Å². The standard InChI is InChI=1S/C10H21NO/c1-4-9(11-3)10(12-5-2)8-6-7-8/h8-11H,4-7H2,1-3H3. The molecule has 0 aromatic heterocycles. The van der Waals surface area contributed by atoms with Crippen LogP contribution in [-0.2, 0) is 4.74 Å². The fourth-order valence-electron chi connectivity index (χ4n) is 1.80. The minimum Gasteiger partial charge on any atom is -0.377 e. The van der Waals surface area contributed by atoms with Gasteiger partial charge in [-0.3, -0.25) is 0 Å². The molecule has 0 aliphatic heterocycles. The molecule has 72 valence electrons. The van der Waals surface area contributed by atoms with E-state index in [4.69, 9.17) is 4.74 Å². The first kappa shape index (κ1) is 10.0. The van der Waals surface area contributed by atoms with Gasteiger partial charge in [0.15, 0.2) is 0 Å². The molecule has 0 aromatic carbocycles. The van der Waals surface area contributed by atoms with Crippen LogP contribution in [0.1, 0.15) is 33.1 Å².